The molecule has 188 valence electrons. The molecular weight excluding hydrogens is 474 g/mol. The van der Waals surface area contributed by atoms with Crippen molar-refractivity contribution in [3.8, 4) is 0 Å². The fraction of sp³-hybridized carbons (Fsp3) is 0.379. The Morgan fingerprint density at radius 3 is 2.67 bits per heavy atom. The van der Waals surface area contributed by atoms with Crippen LogP contribution in [0.4, 0.5) is 17.1 Å². The lowest BCUT2D eigenvalue weighted by molar-refractivity contribution is -0.113. The zero-order valence-corrected chi connectivity index (χ0v) is 22.0. The highest BCUT2D eigenvalue weighted by Crippen LogP contribution is 2.51. The summed E-state index contributed by atoms with van der Waals surface area (Å²) in [6.07, 6.45) is 3.56. The number of hydrogen-bond donors (Lipinski definition) is 1. The first-order chi connectivity index (χ1) is 17.3. The maximum atomic E-state index is 13.4. The quantitative estimate of drug-likeness (QED) is 0.485. The molecular formula is C29H32ClN3O3. The third kappa shape index (κ3) is 3.84. The molecule has 0 saturated carbocycles. The van der Waals surface area contributed by atoms with Gasteiger partial charge in [-0.15, -0.1) is 0 Å². The first kappa shape index (κ1) is 24.6. The minimum absolute atomic E-state index is 0.0452. The zero-order chi connectivity index (χ0) is 25.7. The second kappa shape index (κ2) is 9.41. The fourth-order valence-electron chi connectivity index (χ4n) is 5.57. The van der Waals surface area contributed by atoms with Crippen LogP contribution >= 0.6 is 11.6 Å². The molecule has 6 rings (SSSR count). The van der Waals surface area contributed by atoms with Crippen LogP contribution in [-0.2, 0) is 16.0 Å². The maximum Gasteiger partial charge on any atom is 0.272 e. The Hall–Kier alpha value is -3.09. The largest absolute Gasteiger partial charge is 0.381 e. The van der Waals surface area contributed by atoms with Gasteiger partial charge >= 0.3 is 0 Å². The van der Waals surface area contributed by atoms with E-state index in [2.05, 4.69) is 31.8 Å². The third-order valence-corrected chi connectivity index (χ3v) is 7.38. The summed E-state index contributed by atoms with van der Waals surface area (Å²) in [5, 5.41) is 3.70. The minimum atomic E-state index is -0.188. The van der Waals surface area contributed by atoms with Gasteiger partial charge in [0.05, 0.1) is 24.0 Å². The molecule has 2 aromatic carbocycles. The standard InChI is InChI=1S/C27H26ClN3O3.C2H6/c1-14(2)8-25-26(32)29-21-11-20-19(12-24(21)30(25)15(3)16-6-7-34-13-16)23-10-17-9-18(28)4-5-22(17)31(23)27(20)33;1-2/h4-5,8-9,11-12,14,16,23H,3,6-7,10,13H2,1-2H3,(H,29,32);1-2H3/b25-8-;. The molecule has 6 nitrogen and oxygen atoms in total. The number of ether oxygens (including phenoxy) is 1. The summed E-state index contributed by atoms with van der Waals surface area (Å²) < 4.78 is 5.62. The first-order valence-electron chi connectivity index (χ1n) is 12.7. The predicted octanol–water partition coefficient (Wildman–Crippen LogP) is 6.47. The van der Waals surface area contributed by atoms with Gasteiger partial charge in [0.2, 0.25) is 0 Å². The molecule has 7 heteroatoms. The van der Waals surface area contributed by atoms with Crippen LogP contribution in [0.3, 0.4) is 0 Å². The van der Waals surface area contributed by atoms with E-state index in [0.29, 0.717) is 41.6 Å². The van der Waals surface area contributed by atoms with Crippen molar-refractivity contribution in [3.63, 3.8) is 0 Å². The predicted molar refractivity (Wildman–Crippen MR) is 145 cm³/mol. The molecule has 0 radical (unpaired) electrons. The van der Waals surface area contributed by atoms with E-state index in [0.717, 1.165) is 34.6 Å². The SMILES string of the molecule is C=C(C1CCOC1)N1/C(=C\C(C)C)C(=O)Nc2cc3c(cc21)C1Cc2cc(Cl)ccc2N1C3=O.CC. The molecule has 4 aliphatic rings. The van der Waals surface area contributed by atoms with Crippen LogP contribution in [0.15, 0.2) is 54.4 Å². The van der Waals surface area contributed by atoms with Gasteiger partial charge in [0.25, 0.3) is 11.8 Å². The Morgan fingerprint density at radius 1 is 1.19 bits per heavy atom. The lowest BCUT2D eigenvalue weighted by atomic mass is 9.95. The number of benzene rings is 2. The number of rotatable bonds is 3. The normalized spacial score (nSPS) is 22.7. The van der Waals surface area contributed by atoms with Crippen LogP contribution in [0, 0.1) is 11.8 Å². The van der Waals surface area contributed by atoms with Crippen molar-refractivity contribution in [2.75, 3.05) is 28.3 Å². The molecule has 1 saturated heterocycles. The molecule has 2 amide bonds. The van der Waals surface area contributed by atoms with Crippen molar-refractivity contribution >= 4 is 40.5 Å². The molecule has 36 heavy (non-hydrogen) atoms. The van der Waals surface area contributed by atoms with E-state index < -0.39 is 0 Å². The smallest absolute Gasteiger partial charge is 0.272 e. The Kier molecular flexibility index (Phi) is 6.43. The molecule has 1 N–H and O–H groups in total. The van der Waals surface area contributed by atoms with E-state index in [1.807, 2.05) is 54.0 Å². The van der Waals surface area contributed by atoms with Crippen LogP contribution in [0.1, 0.15) is 61.6 Å². The van der Waals surface area contributed by atoms with E-state index in [9.17, 15) is 9.59 Å². The highest BCUT2D eigenvalue weighted by atomic mass is 35.5. The summed E-state index contributed by atoms with van der Waals surface area (Å²) in [7, 11) is 0. The van der Waals surface area contributed by atoms with Crippen molar-refractivity contribution in [2.45, 2.75) is 46.6 Å². The second-order valence-corrected chi connectivity index (χ2v) is 10.2. The van der Waals surface area contributed by atoms with Crippen molar-refractivity contribution in [2.24, 2.45) is 11.8 Å². The molecule has 0 aromatic heterocycles. The van der Waals surface area contributed by atoms with Gasteiger partial charge in [-0.25, -0.2) is 0 Å². The molecule has 2 aromatic rings. The number of hydrogen-bond acceptors (Lipinski definition) is 4. The van der Waals surface area contributed by atoms with Gasteiger partial charge in [0.15, 0.2) is 0 Å². The van der Waals surface area contributed by atoms with E-state index in [4.69, 9.17) is 16.3 Å². The molecule has 2 unspecified atom stereocenters. The minimum Gasteiger partial charge on any atom is -0.381 e. The van der Waals surface area contributed by atoms with Gasteiger partial charge in [-0.2, -0.15) is 0 Å². The number of fused-ring (bicyclic) bond motifs is 6. The molecule has 0 aliphatic carbocycles. The third-order valence-electron chi connectivity index (χ3n) is 7.14. The van der Waals surface area contributed by atoms with Gasteiger partial charge < -0.3 is 19.9 Å². The van der Waals surface area contributed by atoms with Crippen molar-refractivity contribution in [3.05, 3.63) is 76.1 Å². The number of halogens is 1. The van der Waals surface area contributed by atoms with Crippen LogP contribution in [0.5, 0.6) is 0 Å². The Bertz CT molecular complexity index is 1290. The van der Waals surface area contributed by atoms with Gasteiger partial charge in [0.1, 0.15) is 5.70 Å². The zero-order valence-electron chi connectivity index (χ0n) is 21.2. The van der Waals surface area contributed by atoms with Crippen LogP contribution < -0.4 is 15.1 Å². The maximum absolute atomic E-state index is 13.4. The number of carbonyl (C=O) groups is 2. The summed E-state index contributed by atoms with van der Waals surface area (Å²) in [5.74, 6) is 0.0833. The molecule has 4 aliphatic heterocycles. The molecule has 2 atom stereocenters. The van der Waals surface area contributed by atoms with Crippen LogP contribution in [0.25, 0.3) is 0 Å². The summed E-state index contributed by atoms with van der Waals surface area (Å²) >= 11 is 6.22. The second-order valence-electron chi connectivity index (χ2n) is 9.76. The number of allylic oxidation sites excluding steroid dienone is 1. The number of amides is 2. The number of nitrogens with zero attached hydrogens (tertiary/aromatic N) is 2. The van der Waals surface area contributed by atoms with E-state index in [-0.39, 0.29) is 29.7 Å². The van der Waals surface area contributed by atoms with Gasteiger partial charge in [-0.3, -0.25) is 9.59 Å². The van der Waals surface area contributed by atoms with Crippen molar-refractivity contribution in [1.82, 2.24) is 0 Å². The van der Waals surface area contributed by atoms with E-state index in [1.54, 1.807) is 0 Å². The highest BCUT2D eigenvalue weighted by Gasteiger charge is 2.45. The van der Waals surface area contributed by atoms with E-state index >= 15 is 0 Å². The monoisotopic (exact) mass is 505 g/mol. The van der Waals surface area contributed by atoms with Crippen LogP contribution in [-0.4, -0.2) is 25.0 Å². The summed E-state index contributed by atoms with van der Waals surface area (Å²) in [4.78, 5) is 30.5. The Morgan fingerprint density at radius 2 is 1.97 bits per heavy atom. The highest BCUT2D eigenvalue weighted by molar-refractivity contribution is 6.31. The lowest BCUT2D eigenvalue weighted by Gasteiger charge is -2.37. The first-order valence-corrected chi connectivity index (χ1v) is 13.1. The van der Waals surface area contributed by atoms with E-state index in [1.165, 1.54) is 0 Å². The molecule has 1 fully saturated rings. The topological polar surface area (TPSA) is 61.9 Å². The lowest BCUT2D eigenvalue weighted by Crippen LogP contribution is -2.38. The number of anilines is 3. The van der Waals surface area contributed by atoms with Gasteiger partial charge in [0, 0.05) is 34.5 Å². The Balaban J connectivity index is 0.00000130. The van der Waals surface area contributed by atoms with Crippen molar-refractivity contribution < 1.29 is 14.3 Å². The molecule has 0 bridgehead atoms. The molecule has 0 spiro atoms. The number of nitrogens with one attached hydrogen (secondary N) is 1. The van der Waals surface area contributed by atoms with Gasteiger partial charge in [-0.05, 0) is 60.2 Å². The van der Waals surface area contributed by atoms with Crippen molar-refractivity contribution in [1.29, 1.82) is 0 Å². The fourth-order valence-corrected chi connectivity index (χ4v) is 5.77. The average molecular weight is 506 g/mol. The summed E-state index contributed by atoms with van der Waals surface area (Å²) in [5.41, 5.74) is 6.49. The Labute approximate surface area is 217 Å². The van der Waals surface area contributed by atoms with Crippen LogP contribution in [0.2, 0.25) is 5.02 Å². The summed E-state index contributed by atoms with van der Waals surface area (Å²) in [6, 6.07) is 9.50. The summed E-state index contributed by atoms with van der Waals surface area (Å²) in [6.45, 7) is 13.8. The molecule has 4 heterocycles. The average Bonchev–Trinajstić information content (AvgIpc) is 3.57. The van der Waals surface area contributed by atoms with Gasteiger partial charge in [-0.1, -0.05) is 52.0 Å². The number of carbonyl (C=O) groups excluding carboxylic acids is 2.